The summed E-state index contributed by atoms with van der Waals surface area (Å²) in [5.74, 6) is 0.813. The number of aromatic amines is 4. The SMILES string of the molecule is C=C/C(=C\C=N)S(=O)(=O)C1=NNC2C=Cc3nc(-c4cn[nH]c4C)c(CCC)c(C)c3C12.CCCc1c(-c2cn[nH]c2C)nc2c(c1C)C1C(S(=O)(=O)N(C)C)=NNC1C=C2.Cc1[nH]ncc1-c1nc2c(c3c1C1CCC3C1)C1C=NNC1C=C2F.Cc1[nH]ncc1-c1nc2c(c3c1CCCC3)C1C(=NS(=O)(=O)N(C)C)NNC1C=C2OCCN(C)C. The Kier molecular flexibility index (Phi) is 23.3. The number of sulfone groups is 1. The van der Waals surface area contributed by atoms with Crippen molar-refractivity contribution in [1.82, 2.24) is 101 Å². The van der Waals surface area contributed by atoms with Gasteiger partial charge in [-0.15, -0.1) is 4.40 Å². The number of halogens is 1. The lowest BCUT2D eigenvalue weighted by Crippen LogP contribution is -2.37. The Hall–Kier alpha value is -11.2. The average Bonchev–Trinajstić information content (AvgIpc) is 1.56. The van der Waals surface area contributed by atoms with E-state index in [2.05, 4.69) is 120 Å². The summed E-state index contributed by atoms with van der Waals surface area (Å²) in [6.07, 6.45) is 35.0. The van der Waals surface area contributed by atoms with Crippen LogP contribution in [-0.2, 0) is 60.5 Å². The number of hydrogen-bond acceptors (Lipinski definition) is 24. The van der Waals surface area contributed by atoms with Crippen LogP contribution in [-0.4, -0.2) is 207 Å². The number of aryl methyl sites for hydroxylation is 4. The number of hydrazine groups is 1. The molecule has 4 aliphatic heterocycles. The van der Waals surface area contributed by atoms with Crippen molar-refractivity contribution >= 4 is 82.2 Å². The van der Waals surface area contributed by atoms with Gasteiger partial charge in [-0.25, -0.2) is 50.9 Å². The van der Waals surface area contributed by atoms with E-state index in [1.54, 1.807) is 18.5 Å². The molecule has 7 aliphatic carbocycles. The van der Waals surface area contributed by atoms with E-state index in [4.69, 9.17) is 30.1 Å². The molecular formula is C86H104FN25O7S3. The number of rotatable bonds is 18. The fourth-order valence-corrected chi connectivity index (χ4v) is 22.2. The summed E-state index contributed by atoms with van der Waals surface area (Å²) in [6.45, 7) is 21.2. The summed E-state index contributed by atoms with van der Waals surface area (Å²) in [5.41, 5.74) is 42.8. The molecule has 2 bridgehead atoms. The normalized spacial score (nSPS) is 22.9. The number of hydrazone groups is 3. The van der Waals surface area contributed by atoms with Crippen LogP contribution in [0.2, 0.25) is 0 Å². The second-order valence-electron chi connectivity index (χ2n) is 33.3. The zero-order chi connectivity index (χ0) is 86.3. The first-order valence-electron chi connectivity index (χ1n) is 41.5. The molecule has 0 radical (unpaired) electrons. The molecule has 0 aromatic carbocycles. The van der Waals surface area contributed by atoms with E-state index in [0.717, 1.165) is 198 Å². The maximum absolute atomic E-state index is 14.9. The van der Waals surface area contributed by atoms with Gasteiger partial charge in [0.1, 0.15) is 35.4 Å². The molecule has 2 fully saturated rings. The summed E-state index contributed by atoms with van der Waals surface area (Å²) in [6, 6.07) is -0.769. The van der Waals surface area contributed by atoms with Crippen molar-refractivity contribution < 1.29 is 34.4 Å². The fourth-order valence-electron chi connectivity index (χ4n) is 19.0. The first-order valence-corrected chi connectivity index (χ1v) is 45.8. The molecule has 10 N–H and O–H groups in total. The molecule has 8 aromatic rings. The topological polar surface area (TPSA) is 421 Å². The van der Waals surface area contributed by atoms with E-state index in [1.165, 1.54) is 86.2 Å². The number of hydrogen-bond donors (Lipinski definition) is 10. The smallest absolute Gasteiger partial charge is 0.323 e. The maximum atomic E-state index is 14.9. The summed E-state index contributed by atoms with van der Waals surface area (Å²) < 4.78 is 106. The van der Waals surface area contributed by atoms with Gasteiger partial charge < -0.3 is 36.7 Å². The number of amidine groups is 1. The van der Waals surface area contributed by atoms with Gasteiger partial charge in [0.2, 0.25) is 9.84 Å². The Morgan fingerprint density at radius 1 is 0.598 bits per heavy atom. The number of allylic oxidation sites excluding steroid dienone is 2. The monoisotopic (exact) mass is 1710 g/mol. The minimum Gasteiger partial charge on any atom is -0.490 e. The van der Waals surface area contributed by atoms with Gasteiger partial charge in [-0.05, 0) is 222 Å². The highest BCUT2D eigenvalue weighted by Crippen LogP contribution is 2.60. The first kappa shape index (κ1) is 84.5. The van der Waals surface area contributed by atoms with Gasteiger partial charge in [-0.3, -0.25) is 20.4 Å². The average molecular weight is 1720 g/mol. The lowest BCUT2D eigenvalue weighted by Gasteiger charge is -2.32. The van der Waals surface area contributed by atoms with Crippen molar-refractivity contribution in [2.75, 3.05) is 55.4 Å². The highest BCUT2D eigenvalue weighted by atomic mass is 32.2. The van der Waals surface area contributed by atoms with Crippen molar-refractivity contribution in [3.8, 4) is 45.0 Å². The number of sulfonamides is 1. The number of H-pyrrole nitrogens is 4. The molecule has 0 amide bonds. The van der Waals surface area contributed by atoms with Crippen molar-refractivity contribution in [3.05, 3.63) is 185 Å². The van der Waals surface area contributed by atoms with E-state index in [9.17, 15) is 29.6 Å². The zero-order valence-electron chi connectivity index (χ0n) is 70.9. The molecule has 1 saturated heterocycles. The van der Waals surface area contributed by atoms with Gasteiger partial charge >= 0.3 is 10.2 Å². The molecule has 0 spiro atoms. The Morgan fingerprint density at radius 2 is 1.13 bits per heavy atom. The molecule has 10 unspecified atom stereocenters. The molecule has 8 aromatic heterocycles. The molecule has 12 heterocycles. The van der Waals surface area contributed by atoms with Crippen LogP contribution in [0.5, 0.6) is 0 Å². The third kappa shape index (κ3) is 14.9. The highest BCUT2D eigenvalue weighted by molar-refractivity contribution is 8.10. The summed E-state index contributed by atoms with van der Waals surface area (Å²) in [7, 11) is -1.35. The molecule has 10 atom stereocenters. The summed E-state index contributed by atoms with van der Waals surface area (Å²) in [5, 5.41) is 48.9. The van der Waals surface area contributed by atoms with E-state index in [1.807, 2.05) is 97.7 Å². The number of likely N-dealkylation sites (N-methyl/N-ethyl adjacent to an activating group) is 1. The largest absolute Gasteiger partial charge is 0.490 e. The Balaban J connectivity index is 0.000000121. The van der Waals surface area contributed by atoms with Crippen LogP contribution < -0.4 is 27.1 Å². The van der Waals surface area contributed by atoms with Gasteiger partial charge in [0, 0.05) is 98.1 Å². The van der Waals surface area contributed by atoms with Crippen LogP contribution in [0.3, 0.4) is 0 Å². The van der Waals surface area contributed by atoms with Crippen LogP contribution in [0, 0.1) is 47.0 Å². The number of nitrogens with zero attached hydrogens (tertiary/aromatic N) is 15. The van der Waals surface area contributed by atoms with Crippen molar-refractivity contribution in [3.63, 3.8) is 0 Å². The van der Waals surface area contributed by atoms with E-state index in [0.29, 0.717) is 35.7 Å². The molecule has 32 nitrogen and oxygen atoms in total. The van der Waals surface area contributed by atoms with Crippen LogP contribution in [0.4, 0.5) is 4.39 Å². The third-order valence-electron chi connectivity index (χ3n) is 25.1. The fraction of sp³-hybridized carbons (Fsp3) is 0.430. The molecular weight excluding hydrogens is 1610 g/mol. The molecule has 36 heteroatoms. The Bertz CT molecular complexity index is 6220. The van der Waals surface area contributed by atoms with Gasteiger partial charge in [0.15, 0.2) is 10.1 Å². The molecule has 19 rings (SSSR count). The second-order valence-corrected chi connectivity index (χ2v) is 39.1. The number of fused-ring (bicyclic) bond motifs is 20. The van der Waals surface area contributed by atoms with Crippen molar-refractivity contribution in [2.24, 2.45) is 19.7 Å². The third-order valence-corrected chi connectivity index (χ3v) is 30.1. The van der Waals surface area contributed by atoms with Gasteiger partial charge in [-0.1, -0.05) is 51.5 Å². The van der Waals surface area contributed by atoms with E-state index in [-0.39, 0.29) is 62.7 Å². The molecule has 122 heavy (non-hydrogen) atoms. The van der Waals surface area contributed by atoms with Crippen LogP contribution in [0.15, 0.2) is 92.4 Å². The minimum atomic E-state index is -3.93. The van der Waals surface area contributed by atoms with E-state index >= 15 is 0 Å². The van der Waals surface area contributed by atoms with Gasteiger partial charge in [0.05, 0.1) is 106 Å². The minimum absolute atomic E-state index is 0.0284. The second kappa shape index (κ2) is 33.6. The predicted octanol–water partition coefficient (Wildman–Crippen LogP) is 10.8. The molecule has 11 aliphatic rings. The lowest BCUT2D eigenvalue weighted by atomic mass is 9.76. The van der Waals surface area contributed by atoms with Crippen molar-refractivity contribution in [1.29, 1.82) is 5.41 Å². The van der Waals surface area contributed by atoms with Crippen LogP contribution in [0.1, 0.15) is 207 Å². The maximum Gasteiger partial charge on any atom is 0.323 e. The number of aromatic nitrogens is 12. The number of ether oxygens (including phenoxy) is 1. The van der Waals surface area contributed by atoms with Gasteiger partial charge in [-0.2, -0.15) is 48.4 Å². The Labute approximate surface area is 710 Å². The first-order chi connectivity index (χ1) is 58.5. The number of pyridine rings is 4. The lowest BCUT2D eigenvalue weighted by molar-refractivity contribution is 0.229. The summed E-state index contributed by atoms with van der Waals surface area (Å²) in [4.78, 5) is 22.0. The number of nitrogens with one attached hydrogen (secondary N) is 10. The summed E-state index contributed by atoms with van der Waals surface area (Å²) >= 11 is 0. The van der Waals surface area contributed by atoms with Crippen LogP contribution >= 0.6 is 0 Å². The van der Waals surface area contributed by atoms with Crippen LogP contribution in [0.25, 0.3) is 68.8 Å². The van der Waals surface area contributed by atoms with Crippen molar-refractivity contribution in [2.45, 2.75) is 186 Å². The zero-order valence-corrected chi connectivity index (χ0v) is 73.4. The predicted molar refractivity (Wildman–Crippen MR) is 473 cm³/mol. The van der Waals surface area contributed by atoms with E-state index < -0.39 is 36.0 Å². The molecule has 1 saturated carbocycles. The Morgan fingerprint density at radius 3 is 1.66 bits per heavy atom. The quantitative estimate of drug-likeness (QED) is 0.0282. The molecule has 640 valence electrons. The van der Waals surface area contributed by atoms with Gasteiger partial charge in [0.25, 0.3) is 10.0 Å². The highest BCUT2D eigenvalue weighted by Gasteiger charge is 2.50. The standard InChI is InChI=1S/C24H34N8O3S.C23H26N6O2S.C20H26N6O2S.C19H18FN5/c1-14-17(13-25-27-14)22-16-9-7-6-8-15(16)20-21-18(28-29-24(21)30-36(33,34)32(4)5)12-19(23(20)26-22)35-11-10-31(2)3;1-5-7-16-13(3)20-18(26-22(16)17-12-25-27-14(17)4)8-9-19-21(20)23(29-28-19)32(30,31)15(6-2)10-11-24;1-6-7-13-11(2)17-15(22-19(13)14-10-21-23-12(14)3)8-9-16-18(17)20(25-24-16)29(27,28)26(4)5;1-8-11(6-21-24-8)18-16-10-3-2-9(4-10)15(16)17-12-7-22-25-14(12)5-13(20)19(17)23-18/h12-13,18,21,28H,6-11H2,1-5H3,(H,25,27)(H,29,30);6,8-12,19,21,24,28H,2,5,7H2,1,3-4H3,(H,25,27);8-10,16,18,24H,6-7H2,1-5H3,(H,21,23);5-7,9-10,12,14,25H,2-4H2,1H3,(H,21,24)/b;15-10+,24-11?;;.